The lowest BCUT2D eigenvalue weighted by Crippen LogP contribution is -2.37. The number of amides is 1. The van der Waals surface area contributed by atoms with Crippen LogP contribution in [0, 0.1) is 5.82 Å². The number of aromatic nitrogens is 2. The summed E-state index contributed by atoms with van der Waals surface area (Å²) in [5.41, 5.74) is 2.39. The fourth-order valence-electron chi connectivity index (χ4n) is 5.24. The summed E-state index contributed by atoms with van der Waals surface area (Å²) in [6.07, 6.45) is 1.52. The van der Waals surface area contributed by atoms with Gasteiger partial charge in [-0.3, -0.25) is 5.32 Å². The molecule has 2 fully saturated rings. The molecule has 2 aromatic carbocycles. The number of aliphatic hydroxyl groups is 1. The standard InChI is InChI=1S/C30H39BFN3O6/c1-18-30(5,6)41-31(40-18)23-12-20(17-36)19(13-24(23)32)14-27-34-25-15-21(33-28(37)39-29(2,3)4)9-10-26(25)35(27)16-22-8-7-11-38-22/h9-10,12-13,15,18,22,36H,7-8,11,14,16-17H2,1-6H3,(H,33,37)/t18?,22-/m0/s1. The number of anilines is 1. The van der Waals surface area contributed by atoms with E-state index in [0.717, 1.165) is 25.0 Å². The maximum atomic E-state index is 15.5. The Balaban J connectivity index is 1.47. The van der Waals surface area contributed by atoms with Gasteiger partial charge in [-0.05, 0) is 89.8 Å². The van der Waals surface area contributed by atoms with Crippen LogP contribution in [0.2, 0.25) is 0 Å². The van der Waals surface area contributed by atoms with Gasteiger partial charge in [0.05, 0.1) is 42.0 Å². The highest BCUT2D eigenvalue weighted by Gasteiger charge is 2.45. The van der Waals surface area contributed by atoms with E-state index >= 15 is 4.39 Å². The number of carbonyl (C=O) groups excluding carboxylic acids is 1. The van der Waals surface area contributed by atoms with E-state index in [0.29, 0.717) is 34.7 Å². The lowest BCUT2D eigenvalue weighted by Gasteiger charge is -2.21. The predicted molar refractivity (Wildman–Crippen MR) is 155 cm³/mol. The first-order valence-electron chi connectivity index (χ1n) is 14.2. The third-order valence-corrected chi connectivity index (χ3v) is 7.69. The van der Waals surface area contributed by atoms with Gasteiger partial charge < -0.3 is 28.5 Å². The Morgan fingerprint density at radius 1 is 1.27 bits per heavy atom. The summed E-state index contributed by atoms with van der Waals surface area (Å²) >= 11 is 0. The molecule has 0 bridgehead atoms. The molecule has 0 radical (unpaired) electrons. The average Bonchev–Trinajstić information content (AvgIpc) is 3.57. The molecule has 2 aliphatic rings. The number of nitrogens with one attached hydrogen (secondary N) is 1. The third-order valence-electron chi connectivity index (χ3n) is 7.69. The number of fused-ring (bicyclic) bond motifs is 1. The van der Waals surface area contributed by atoms with Gasteiger partial charge >= 0.3 is 13.2 Å². The van der Waals surface area contributed by atoms with Crippen LogP contribution in [-0.4, -0.2) is 57.9 Å². The number of rotatable bonds is 7. The number of ether oxygens (including phenoxy) is 2. The minimum Gasteiger partial charge on any atom is -0.444 e. The molecule has 220 valence electrons. The van der Waals surface area contributed by atoms with E-state index in [1.165, 1.54) is 6.07 Å². The summed E-state index contributed by atoms with van der Waals surface area (Å²) in [5, 5.41) is 13.0. The van der Waals surface area contributed by atoms with Crippen molar-refractivity contribution < 1.29 is 33.1 Å². The highest BCUT2D eigenvalue weighted by Crippen LogP contribution is 2.29. The minimum absolute atomic E-state index is 0.0455. The molecule has 1 unspecified atom stereocenters. The molecule has 9 nitrogen and oxygen atoms in total. The number of hydrogen-bond acceptors (Lipinski definition) is 7. The Morgan fingerprint density at radius 2 is 2.05 bits per heavy atom. The summed E-state index contributed by atoms with van der Waals surface area (Å²) in [5.74, 6) is 0.243. The van der Waals surface area contributed by atoms with Crippen LogP contribution in [-0.2, 0) is 38.4 Å². The van der Waals surface area contributed by atoms with Crippen molar-refractivity contribution in [2.24, 2.45) is 0 Å². The van der Waals surface area contributed by atoms with Gasteiger partial charge in [-0.1, -0.05) is 6.07 Å². The summed E-state index contributed by atoms with van der Waals surface area (Å²) in [6.45, 7) is 12.2. The van der Waals surface area contributed by atoms with Crippen molar-refractivity contribution in [3.05, 3.63) is 53.1 Å². The molecular formula is C30H39BFN3O6. The molecule has 1 aromatic heterocycles. The van der Waals surface area contributed by atoms with Crippen LogP contribution in [0.15, 0.2) is 30.3 Å². The molecule has 2 atom stereocenters. The molecule has 0 spiro atoms. The molecule has 2 N–H and O–H groups in total. The van der Waals surface area contributed by atoms with Crippen molar-refractivity contribution in [1.29, 1.82) is 0 Å². The minimum atomic E-state index is -0.848. The molecule has 2 saturated heterocycles. The van der Waals surface area contributed by atoms with Crippen LogP contribution < -0.4 is 10.8 Å². The third kappa shape index (κ3) is 6.59. The van der Waals surface area contributed by atoms with E-state index in [2.05, 4.69) is 9.88 Å². The molecule has 0 aliphatic carbocycles. The molecule has 1 amide bonds. The predicted octanol–water partition coefficient (Wildman–Crippen LogP) is 4.69. The summed E-state index contributed by atoms with van der Waals surface area (Å²) < 4.78 is 40.7. The topological polar surface area (TPSA) is 104 Å². The van der Waals surface area contributed by atoms with Crippen LogP contribution in [0.3, 0.4) is 0 Å². The maximum Gasteiger partial charge on any atom is 0.497 e. The van der Waals surface area contributed by atoms with Gasteiger partial charge in [-0.25, -0.2) is 14.2 Å². The van der Waals surface area contributed by atoms with Crippen LogP contribution in [0.5, 0.6) is 0 Å². The Hall–Kier alpha value is -2.99. The average molecular weight is 567 g/mol. The van der Waals surface area contributed by atoms with Gasteiger partial charge in [0.2, 0.25) is 0 Å². The number of carbonyl (C=O) groups is 1. The van der Waals surface area contributed by atoms with E-state index in [1.54, 1.807) is 39.0 Å². The molecule has 2 aliphatic heterocycles. The lowest BCUT2D eigenvalue weighted by molar-refractivity contribution is 0.0636. The molecule has 0 saturated carbocycles. The number of imidazole rings is 1. The first-order valence-corrected chi connectivity index (χ1v) is 14.2. The monoisotopic (exact) mass is 567 g/mol. The Bertz CT molecular complexity index is 1430. The number of aliphatic hydroxyl groups excluding tert-OH is 1. The molecular weight excluding hydrogens is 528 g/mol. The quantitative estimate of drug-likeness (QED) is 0.399. The van der Waals surface area contributed by atoms with Crippen LogP contribution in [0.1, 0.15) is 71.3 Å². The van der Waals surface area contributed by atoms with Gasteiger partial charge in [-0.2, -0.15) is 0 Å². The molecule has 3 aromatic rings. The van der Waals surface area contributed by atoms with Crippen molar-refractivity contribution in [3.8, 4) is 0 Å². The van der Waals surface area contributed by atoms with Crippen molar-refractivity contribution in [2.45, 2.75) is 97.4 Å². The Morgan fingerprint density at radius 3 is 2.68 bits per heavy atom. The van der Waals surface area contributed by atoms with Gasteiger partial charge in [-0.15, -0.1) is 0 Å². The number of benzene rings is 2. The summed E-state index contributed by atoms with van der Waals surface area (Å²) in [6, 6.07) is 8.57. The van der Waals surface area contributed by atoms with Crippen LogP contribution in [0.4, 0.5) is 14.9 Å². The smallest absolute Gasteiger partial charge is 0.444 e. The second kappa shape index (κ2) is 11.4. The summed E-state index contributed by atoms with van der Waals surface area (Å²) in [4.78, 5) is 17.2. The lowest BCUT2D eigenvalue weighted by atomic mass is 9.77. The maximum absolute atomic E-state index is 15.5. The highest BCUT2D eigenvalue weighted by atomic mass is 19.1. The first-order chi connectivity index (χ1) is 19.3. The fourth-order valence-corrected chi connectivity index (χ4v) is 5.24. The molecule has 5 rings (SSSR count). The van der Waals surface area contributed by atoms with Crippen LogP contribution in [0.25, 0.3) is 11.0 Å². The zero-order valence-corrected chi connectivity index (χ0v) is 24.6. The molecule has 11 heteroatoms. The second-order valence-corrected chi connectivity index (χ2v) is 12.4. The van der Waals surface area contributed by atoms with Gasteiger partial charge in [0.15, 0.2) is 0 Å². The van der Waals surface area contributed by atoms with E-state index in [9.17, 15) is 9.90 Å². The van der Waals surface area contributed by atoms with Gasteiger partial charge in [0.1, 0.15) is 17.2 Å². The zero-order chi connectivity index (χ0) is 29.5. The molecule has 41 heavy (non-hydrogen) atoms. The fraction of sp³-hybridized carbons (Fsp3) is 0.533. The zero-order valence-electron chi connectivity index (χ0n) is 24.6. The Kier molecular flexibility index (Phi) is 8.17. The van der Waals surface area contributed by atoms with Crippen LogP contribution >= 0.6 is 0 Å². The normalized spacial score (nSPS) is 20.6. The first kappa shape index (κ1) is 29.5. The summed E-state index contributed by atoms with van der Waals surface area (Å²) in [7, 11) is -0.848. The van der Waals surface area contributed by atoms with Crippen molar-refractivity contribution in [1.82, 2.24) is 9.55 Å². The van der Waals surface area contributed by atoms with E-state index < -0.39 is 30.2 Å². The SMILES string of the molecule is CC1OB(c2cc(CO)c(Cc3nc4cc(NC(=O)OC(C)(C)C)ccc4n3C[C@@H]3CCCO3)cc2F)OC1(C)C. The van der Waals surface area contributed by atoms with Crippen molar-refractivity contribution in [2.75, 3.05) is 11.9 Å². The van der Waals surface area contributed by atoms with E-state index in [1.807, 2.05) is 26.8 Å². The number of halogens is 1. The van der Waals surface area contributed by atoms with E-state index in [-0.39, 0.29) is 30.7 Å². The Labute approximate surface area is 240 Å². The van der Waals surface area contributed by atoms with E-state index in [4.69, 9.17) is 23.8 Å². The number of nitrogens with zero attached hydrogens (tertiary/aromatic N) is 2. The van der Waals surface area contributed by atoms with Crippen molar-refractivity contribution >= 4 is 35.4 Å². The van der Waals surface area contributed by atoms with Gasteiger partial charge in [0.25, 0.3) is 0 Å². The molecule has 3 heterocycles. The number of hydrogen-bond donors (Lipinski definition) is 2. The second-order valence-electron chi connectivity index (χ2n) is 12.4. The highest BCUT2D eigenvalue weighted by molar-refractivity contribution is 6.62. The van der Waals surface area contributed by atoms with Gasteiger partial charge in [0, 0.05) is 24.2 Å². The largest absolute Gasteiger partial charge is 0.497 e. The van der Waals surface area contributed by atoms with Crippen molar-refractivity contribution in [3.63, 3.8) is 0 Å².